The van der Waals surface area contributed by atoms with E-state index in [1.807, 2.05) is 18.2 Å². The number of aromatic nitrogens is 1. The van der Waals surface area contributed by atoms with Gasteiger partial charge in [0.15, 0.2) is 0 Å². The number of hydrogen-bond acceptors (Lipinski definition) is 2. The number of fused-ring (bicyclic) bond motifs is 1. The highest BCUT2D eigenvalue weighted by molar-refractivity contribution is 6.30. The molecule has 0 saturated carbocycles. The zero-order chi connectivity index (χ0) is 18.9. The van der Waals surface area contributed by atoms with Crippen molar-refractivity contribution in [3.05, 3.63) is 65.1 Å². The van der Waals surface area contributed by atoms with Gasteiger partial charge < -0.3 is 9.72 Å². The van der Waals surface area contributed by atoms with Crippen LogP contribution < -0.4 is 4.90 Å². The predicted molar refractivity (Wildman–Crippen MR) is 102 cm³/mol. The van der Waals surface area contributed by atoms with Crippen LogP contribution in [0.2, 0.25) is 5.02 Å². The van der Waals surface area contributed by atoms with Crippen LogP contribution >= 0.6 is 11.6 Å². The van der Waals surface area contributed by atoms with Crippen molar-refractivity contribution in [2.45, 2.75) is 32.9 Å². The average molecular weight is 375 g/mol. The molecule has 0 aliphatic carbocycles. The largest absolute Gasteiger partial charge is 0.443 e. The first-order valence-electron chi connectivity index (χ1n) is 8.24. The third-order valence-corrected chi connectivity index (χ3v) is 4.02. The summed E-state index contributed by atoms with van der Waals surface area (Å²) < 4.78 is 19.7. The molecule has 0 aliphatic heterocycles. The summed E-state index contributed by atoms with van der Waals surface area (Å²) in [6, 6.07) is 11.7. The molecule has 0 fully saturated rings. The molecule has 0 saturated heterocycles. The Bertz CT molecular complexity index is 929. The van der Waals surface area contributed by atoms with Gasteiger partial charge in [-0.1, -0.05) is 23.7 Å². The molecule has 0 atom stereocenters. The smallest absolute Gasteiger partial charge is 0.415 e. The molecule has 0 spiro atoms. The average Bonchev–Trinajstić information content (AvgIpc) is 3.00. The number of benzene rings is 2. The lowest BCUT2D eigenvalue weighted by Crippen LogP contribution is -2.36. The minimum atomic E-state index is -0.667. The summed E-state index contributed by atoms with van der Waals surface area (Å²) in [5, 5.41) is 1.35. The molecule has 1 aromatic heterocycles. The first kappa shape index (κ1) is 18.3. The van der Waals surface area contributed by atoms with Crippen LogP contribution in [-0.2, 0) is 11.3 Å². The van der Waals surface area contributed by atoms with Crippen molar-refractivity contribution in [2.75, 3.05) is 4.90 Å². The fourth-order valence-corrected chi connectivity index (χ4v) is 2.80. The van der Waals surface area contributed by atoms with E-state index in [4.69, 9.17) is 16.3 Å². The Kier molecular flexibility index (Phi) is 4.92. The van der Waals surface area contributed by atoms with Gasteiger partial charge in [-0.25, -0.2) is 9.18 Å². The number of rotatable bonds is 3. The van der Waals surface area contributed by atoms with Crippen LogP contribution in [-0.4, -0.2) is 16.7 Å². The molecule has 26 heavy (non-hydrogen) atoms. The van der Waals surface area contributed by atoms with E-state index in [0.717, 1.165) is 10.9 Å². The van der Waals surface area contributed by atoms with Crippen LogP contribution in [0.1, 0.15) is 26.3 Å². The van der Waals surface area contributed by atoms with Gasteiger partial charge in [0, 0.05) is 16.6 Å². The first-order valence-corrected chi connectivity index (χ1v) is 8.62. The normalized spacial score (nSPS) is 11.6. The Morgan fingerprint density at radius 2 is 1.88 bits per heavy atom. The second-order valence-electron chi connectivity index (χ2n) is 7.06. The van der Waals surface area contributed by atoms with Crippen molar-refractivity contribution in [3.8, 4) is 0 Å². The minimum absolute atomic E-state index is 0.232. The van der Waals surface area contributed by atoms with E-state index in [1.54, 1.807) is 39.1 Å². The third kappa shape index (κ3) is 4.17. The summed E-state index contributed by atoms with van der Waals surface area (Å²) >= 11 is 5.94. The van der Waals surface area contributed by atoms with Crippen LogP contribution in [0.5, 0.6) is 0 Å². The Morgan fingerprint density at radius 3 is 2.54 bits per heavy atom. The van der Waals surface area contributed by atoms with Gasteiger partial charge in [-0.2, -0.15) is 0 Å². The van der Waals surface area contributed by atoms with Crippen molar-refractivity contribution in [1.29, 1.82) is 0 Å². The number of hydrogen-bond donors (Lipinski definition) is 1. The summed E-state index contributed by atoms with van der Waals surface area (Å²) in [5.41, 5.74) is 1.25. The second-order valence-corrected chi connectivity index (χ2v) is 7.49. The minimum Gasteiger partial charge on any atom is -0.443 e. The first-order chi connectivity index (χ1) is 12.2. The SMILES string of the molecule is CC(C)(C)OC(=O)N(Cc1ccc(Cl)cc1)c1cc(F)cc2[nH]ccc12. The lowest BCUT2D eigenvalue weighted by Gasteiger charge is -2.28. The van der Waals surface area contributed by atoms with E-state index in [1.165, 1.54) is 17.0 Å². The van der Waals surface area contributed by atoms with Crippen molar-refractivity contribution in [1.82, 2.24) is 4.98 Å². The van der Waals surface area contributed by atoms with Gasteiger partial charge >= 0.3 is 6.09 Å². The monoisotopic (exact) mass is 374 g/mol. The van der Waals surface area contributed by atoms with Gasteiger partial charge in [-0.05, 0) is 56.7 Å². The van der Waals surface area contributed by atoms with Gasteiger partial charge in [0.1, 0.15) is 11.4 Å². The van der Waals surface area contributed by atoms with Crippen LogP contribution in [0.25, 0.3) is 10.9 Å². The van der Waals surface area contributed by atoms with Gasteiger partial charge in [0.25, 0.3) is 0 Å². The highest BCUT2D eigenvalue weighted by atomic mass is 35.5. The van der Waals surface area contributed by atoms with Crippen LogP contribution in [0.3, 0.4) is 0 Å². The van der Waals surface area contributed by atoms with Gasteiger partial charge in [-0.15, -0.1) is 0 Å². The Morgan fingerprint density at radius 1 is 1.19 bits per heavy atom. The number of anilines is 1. The topological polar surface area (TPSA) is 45.3 Å². The number of aromatic amines is 1. The summed E-state index contributed by atoms with van der Waals surface area (Å²) in [6.45, 7) is 5.62. The molecule has 3 rings (SSSR count). The van der Waals surface area contributed by atoms with Gasteiger partial charge in [0.05, 0.1) is 17.7 Å². The maximum atomic E-state index is 14.1. The highest BCUT2D eigenvalue weighted by Gasteiger charge is 2.25. The maximum Gasteiger partial charge on any atom is 0.415 e. The van der Waals surface area contributed by atoms with Crippen LogP contribution in [0.15, 0.2) is 48.7 Å². The molecule has 0 radical (unpaired) electrons. The van der Waals surface area contributed by atoms with Gasteiger partial charge in [0.2, 0.25) is 0 Å². The Hall–Kier alpha value is -2.53. The molecule has 6 heteroatoms. The molecule has 1 N–H and O–H groups in total. The summed E-state index contributed by atoms with van der Waals surface area (Å²) in [4.78, 5) is 17.3. The second kappa shape index (κ2) is 7.00. The number of halogens is 2. The van der Waals surface area contributed by atoms with Crippen LogP contribution in [0, 0.1) is 5.82 Å². The summed E-state index contributed by atoms with van der Waals surface area (Å²) in [6.07, 6.45) is 1.17. The molecule has 3 aromatic rings. The third-order valence-electron chi connectivity index (χ3n) is 3.77. The van der Waals surface area contributed by atoms with Crippen molar-refractivity contribution >= 4 is 34.3 Å². The number of H-pyrrole nitrogens is 1. The molecule has 2 aromatic carbocycles. The fraction of sp³-hybridized carbons (Fsp3) is 0.250. The molecule has 0 aliphatic rings. The Balaban J connectivity index is 2.05. The van der Waals surface area contributed by atoms with Crippen molar-refractivity contribution < 1.29 is 13.9 Å². The molecule has 1 heterocycles. The number of nitrogens with one attached hydrogen (secondary N) is 1. The van der Waals surface area contributed by atoms with Crippen molar-refractivity contribution in [2.24, 2.45) is 0 Å². The predicted octanol–water partition coefficient (Wildman–Crippen LogP) is 5.90. The zero-order valence-corrected chi connectivity index (χ0v) is 15.6. The number of nitrogens with zero attached hydrogens (tertiary/aromatic N) is 1. The number of amides is 1. The van der Waals surface area contributed by atoms with Crippen LogP contribution in [0.4, 0.5) is 14.9 Å². The van der Waals surface area contributed by atoms with Gasteiger partial charge in [-0.3, -0.25) is 4.90 Å². The zero-order valence-electron chi connectivity index (χ0n) is 14.8. The van der Waals surface area contributed by atoms with E-state index in [0.29, 0.717) is 16.2 Å². The lowest BCUT2D eigenvalue weighted by atomic mass is 10.1. The number of ether oxygens (including phenoxy) is 1. The van der Waals surface area contributed by atoms with E-state index in [9.17, 15) is 9.18 Å². The summed E-state index contributed by atoms with van der Waals surface area (Å²) in [5.74, 6) is -0.431. The van der Waals surface area contributed by atoms with E-state index in [2.05, 4.69) is 4.98 Å². The van der Waals surface area contributed by atoms with E-state index >= 15 is 0 Å². The Labute approximate surface area is 156 Å². The van der Waals surface area contributed by atoms with E-state index in [-0.39, 0.29) is 6.54 Å². The number of carbonyl (C=O) groups is 1. The molecule has 136 valence electrons. The number of carbonyl (C=O) groups excluding carboxylic acids is 1. The molecular formula is C20H20ClFN2O2. The lowest BCUT2D eigenvalue weighted by molar-refractivity contribution is 0.0578. The quantitative estimate of drug-likeness (QED) is 0.620. The molecule has 0 unspecified atom stereocenters. The summed E-state index contributed by atoms with van der Waals surface area (Å²) in [7, 11) is 0. The molecule has 4 nitrogen and oxygen atoms in total. The van der Waals surface area contributed by atoms with Crippen molar-refractivity contribution in [3.63, 3.8) is 0 Å². The molecular weight excluding hydrogens is 355 g/mol. The highest BCUT2D eigenvalue weighted by Crippen LogP contribution is 2.30. The fourth-order valence-electron chi connectivity index (χ4n) is 2.67. The maximum absolute atomic E-state index is 14.1. The molecule has 1 amide bonds. The van der Waals surface area contributed by atoms with E-state index < -0.39 is 17.5 Å². The standard InChI is InChI=1S/C20H20ClFN2O2/c1-20(2,3)26-19(25)24(12-13-4-6-14(21)7-5-13)18-11-15(22)10-17-16(18)8-9-23-17/h4-11,23H,12H2,1-3H3. The molecule has 0 bridgehead atoms.